The lowest BCUT2D eigenvalue weighted by Crippen LogP contribution is -2.56. The van der Waals surface area contributed by atoms with E-state index in [2.05, 4.69) is 9.88 Å². The molecule has 19 heavy (non-hydrogen) atoms. The Bertz CT molecular complexity index is 418. The molecule has 1 fully saturated rings. The molecule has 2 rings (SSSR count). The maximum absolute atomic E-state index is 11.8. The topological polar surface area (TPSA) is 51.7 Å². The summed E-state index contributed by atoms with van der Waals surface area (Å²) in [5.41, 5.74) is 0.583. The molecule has 0 aliphatic carbocycles. The molecule has 5 nitrogen and oxygen atoms in total. The lowest BCUT2D eigenvalue weighted by molar-refractivity contribution is -0.186. The normalized spacial score (nSPS) is 17.0. The van der Waals surface area contributed by atoms with E-state index in [1.54, 1.807) is 6.20 Å². The molecule has 1 aliphatic rings. The van der Waals surface area contributed by atoms with Crippen molar-refractivity contribution in [2.24, 2.45) is 5.41 Å². The molecule has 0 atom stereocenters. The molecule has 0 spiro atoms. The molecular formula is C14H20N2O3. The number of carbonyl (C=O) groups excluding carboxylic acids is 1. The zero-order valence-corrected chi connectivity index (χ0v) is 11.5. The number of likely N-dealkylation sites (N-methyl/N-ethyl adjacent to an activating group) is 1. The van der Waals surface area contributed by atoms with Gasteiger partial charge in [0.25, 0.3) is 0 Å². The molecule has 1 aromatic rings. The van der Waals surface area contributed by atoms with Crippen molar-refractivity contribution < 1.29 is 14.3 Å². The van der Waals surface area contributed by atoms with Crippen molar-refractivity contribution in [2.75, 3.05) is 40.5 Å². The highest BCUT2D eigenvalue weighted by molar-refractivity contribution is 5.78. The number of methoxy groups -OCH3 is 1. The smallest absolute Gasteiger partial charge is 0.317 e. The first-order chi connectivity index (χ1) is 9.16. The van der Waals surface area contributed by atoms with E-state index in [-0.39, 0.29) is 5.97 Å². The van der Waals surface area contributed by atoms with Crippen molar-refractivity contribution in [3.63, 3.8) is 0 Å². The Hall–Kier alpha value is -1.46. The second kappa shape index (κ2) is 6.12. The number of carbonyl (C=O) groups is 1. The molecule has 5 heteroatoms. The van der Waals surface area contributed by atoms with Gasteiger partial charge < -0.3 is 14.4 Å². The predicted molar refractivity (Wildman–Crippen MR) is 70.7 cm³/mol. The average Bonchev–Trinajstić information content (AvgIpc) is 2.41. The van der Waals surface area contributed by atoms with E-state index in [0.29, 0.717) is 19.8 Å². The number of esters is 1. The Labute approximate surface area is 113 Å². The van der Waals surface area contributed by atoms with Crippen molar-refractivity contribution in [1.29, 1.82) is 0 Å². The molecule has 0 N–H and O–H groups in total. The van der Waals surface area contributed by atoms with Crippen molar-refractivity contribution in [1.82, 2.24) is 9.88 Å². The molecule has 1 aliphatic heterocycles. The number of rotatable bonds is 6. The maximum atomic E-state index is 11.8. The third-order valence-corrected chi connectivity index (χ3v) is 3.42. The van der Waals surface area contributed by atoms with Gasteiger partial charge in [0.1, 0.15) is 5.41 Å². The van der Waals surface area contributed by atoms with Crippen LogP contribution in [0, 0.1) is 5.41 Å². The lowest BCUT2D eigenvalue weighted by atomic mass is 9.85. The van der Waals surface area contributed by atoms with Crippen LogP contribution in [0.15, 0.2) is 24.4 Å². The molecule has 0 unspecified atom stereocenters. The van der Waals surface area contributed by atoms with E-state index in [1.165, 1.54) is 7.11 Å². The van der Waals surface area contributed by atoms with Gasteiger partial charge in [-0.2, -0.15) is 0 Å². The van der Waals surface area contributed by atoms with Crippen molar-refractivity contribution in [2.45, 2.75) is 6.42 Å². The molecule has 0 saturated carbocycles. The van der Waals surface area contributed by atoms with Crippen LogP contribution in [-0.4, -0.2) is 56.3 Å². The first-order valence-corrected chi connectivity index (χ1v) is 6.41. The minimum absolute atomic E-state index is 0.177. The van der Waals surface area contributed by atoms with E-state index in [4.69, 9.17) is 9.47 Å². The summed E-state index contributed by atoms with van der Waals surface area (Å²) in [7, 11) is 3.43. The summed E-state index contributed by atoms with van der Waals surface area (Å²) in [4.78, 5) is 18.2. The zero-order valence-electron chi connectivity index (χ0n) is 11.5. The molecule has 0 amide bonds. The number of nitrogens with zero attached hydrogens (tertiary/aromatic N) is 2. The van der Waals surface area contributed by atoms with Crippen molar-refractivity contribution in [3.05, 3.63) is 30.1 Å². The Morgan fingerprint density at radius 1 is 1.53 bits per heavy atom. The van der Waals surface area contributed by atoms with Crippen molar-refractivity contribution in [3.8, 4) is 0 Å². The van der Waals surface area contributed by atoms with Crippen LogP contribution in [0.4, 0.5) is 0 Å². The number of aromatic nitrogens is 1. The van der Waals surface area contributed by atoms with Gasteiger partial charge in [-0.15, -0.1) is 0 Å². The summed E-state index contributed by atoms with van der Waals surface area (Å²) in [5.74, 6) is -0.177. The van der Waals surface area contributed by atoms with Crippen LogP contribution in [0.25, 0.3) is 0 Å². The first kappa shape index (κ1) is 14.0. The third-order valence-electron chi connectivity index (χ3n) is 3.42. The molecule has 1 aromatic heterocycles. The summed E-state index contributed by atoms with van der Waals surface area (Å²) in [6, 6.07) is 5.90. The number of pyridine rings is 1. The number of hydrogen-bond donors (Lipinski definition) is 0. The monoisotopic (exact) mass is 264 g/mol. The minimum atomic E-state index is -0.479. The second-order valence-corrected chi connectivity index (χ2v) is 5.07. The highest BCUT2D eigenvalue weighted by atomic mass is 16.5. The Morgan fingerprint density at radius 2 is 2.32 bits per heavy atom. The summed E-state index contributed by atoms with van der Waals surface area (Å²) in [6.45, 7) is 2.42. The van der Waals surface area contributed by atoms with E-state index >= 15 is 0 Å². The predicted octanol–water partition coefficient (Wildman–Crippen LogP) is 0.745. The third kappa shape index (κ3) is 3.30. The lowest BCUT2D eigenvalue weighted by Gasteiger charge is -2.40. The molecule has 104 valence electrons. The summed E-state index contributed by atoms with van der Waals surface area (Å²) < 4.78 is 10.0. The highest BCUT2D eigenvalue weighted by Crippen LogP contribution is 2.29. The molecular weight excluding hydrogens is 244 g/mol. The van der Waals surface area contributed by atoms with E-state index in [9.17, 15) is 4.79 Å². The van der Waals surface area contributed by atoms with E-state index < -0.39 is 5.41 Å². The van der Waals surface area contributed by atoms with E-state index in [1.807, 2.05) is 25.2 Å². The van der Waals surface area contributed by atoms with Crippen LogP contribution in [0.2, 0.25) is 0 Å². The second-order valence-electron chi connectivity index (χ2n) is 5.07. The largest absolute Gasteiger partial charge is 0.468 e. The molecule has 0 bridgehead atoms. The molecule has 0 radical (unpaired) electrons. The van der Waals surface area contributed by atoms with Gasteiger partial charge in [0.2, 0.25) is 0 Å². The SMILES string of the molecule is COC(=O)C1(CN(C)CCc2ccccn2)COC1. The van der Waals surface area contributed by atoms with Gasteiger partial charge in [-0.05, 0) is 19.2 Å². The van der Waals surface area contributed by atoms with Gasteiger partial charge in [-0.25, -0.2) is 0 Å². The maximum Gasteiger partial charge on any atom is 0.317 e. The van der Waals surface area contributed by atoms with Crippen LogP contribution in [0.5, 0.6) is 0 Å². The summed E-state index contributed by atoms with van der Waals surface area (Å²) >= 11 is 0. The first-order valence-electron chi connectivity index (χ1n) is 6.41. The zero-order chi connectivity index (χ0) is 13.7. The molecule has 0 aromatic carbocycles. The van der Waals surface area contributed by atoms with Crippen LogP contribution in [-0.2, 0) is 20.7 Å². The highest BCUT2D eigenvalue weighted by Gasteiger charge is 2.47. The van der Waals surface area contributed by atoms with Gasteiger partial charge in [-0.3, -0.25) is 9.78 Å². The number of hydrogen-bond acceptors (Lipinski definition) is 5. The standard InChI is InChI=1S/C14H20N2O3/c1-16(8-6-12-5-3-4-7-15-12)9-14(10-19-11-14)13(17)18-2/h3-5,7H,6,8-11H2,1-2H3. The van der Waals surface area contributed by atoms with Gasteiger partial charge in [0.05, 0.1) is 20.3 Å². The fourth-order valence-electron chi connectivity index (χ4n) is 2.29. The molecule has 1 saturated heterocycles. The van der Waals surface area contributed by atoms with Gasteiger partial charge in [0.15, 0.2) is 0 Å². The van der Waals surface area contributed by atoms with Gasteiger partial charge in [0, 0.05) is 31.4 Å². The average molecular weight is 264 g/mol. The Balaban J connectivity index is 1.83. The molecule has 2 heterocycles. The van der Waals surface area contributed by atoms with Crippen LogP contribution in [0.1, 0.15) is 5.69 Å². The quantitative estimate of drug-likeness (QED) is 0.710. The van der Waals surface area contributed by atoms with Crippen LogP contribution >= 0.6 is 0 Å². The summed E-state index contributed by atoms with van der Waals surface area (Å²) in [5, 5.41) is 0. The van der Waals surface area contributed by atoms with E-state index in [0.717, 1.165) is 18.7 Å². The van der Waals surface area contributed by atoms with Crippen LogP contribution < -0.4 is 0 Å². The van der Waals surface area contributed by atoms with Gasteiger partial charge >= 0.3 is 5.97 Å². The fraction of sp³-hybridized carbons (Fsp3) is 0.571. The van der Waals surface area contributed by atoms with Crippen LogP contribution in [0.3, 0.4) is 0 Å². The number of ether oxygens (including phenoxy) is 2. The Kier molecular flexibility index (Phi) is 4.50. The summed E-state index contributed by atoms with van der Waals surface area (Å²) in [6.07, 6.45) is 2.67. The minimum Gasteiger partial charge on any atom is -0.468 e. The van der Waals surface area contributed by atoms with Crippen molar-refractivity contribution >= 4 is 5.97 Å². The van der Waals surface area contributed by atoms with Gasteiger partial charge in [-0.1, -0.05) is 6.07 Å². The fourth-order valence-corrected chi connectivity index (χ4v) is 2.29. The Morgan fingerprint density at radius 3 is 2.84 bits per heavy atom.